The minimum Gasteiger partial charge on any atom is -0.351 e. The number of hydrogen-bond donors (Lipinski definition) is 3. The molecule has 0 fully saturated rings. The summed E-state index contributed by atoms with van der Waals surface area (Å²) in [6.45, 7) is 0.493. The van der Waals surface area contributed by atoms with Crippen LogP contribution in [0.3, 0.4) is 0 Å². The molecule has 0 aliphatic rings. The van der Waals surface area contributed by atoms with Gasteiger partial charge in [-0.1, -0.05) is 54.6 Å². The first-order valence-electron chi connectivity index (χ1n) is 7.87. The van der Waals surface area contributed by atoms with E-state index in [-0.39, 0.29) is 5.91 Å². The van der Waals surface area contributed by atoms with E-state index in [1.54, 1.807) is 6.20 Å². The predicted octanol–water partition coefficient (Wildman–Crippen LogP) is 2.26. The summed E-state index contributed by atoms with van der Waals surface area (Å²) in [6, 6.07) is 17.2. The molecule has 1 heterocycles. The molecular weight excluding hydrogens is 300 g/mol. The first kappa shape index (κ1) is 16.0. The third-order valence-corrected chi connectivity index (χ3v) is 3.89. The number of aromatic nitrogens is 2. The molecule has 0 aliphatic heterocycles. The Kier molecular flexibility index (Phi) is 5.03. The van der Waals surface area contributed by atoms with Crippen LogP contribution in [0.15, 0.2) is 67.0 Å². The Labute approximate surface area is 140 Å². The fourth-order valence-electron chi connectivity index (χ4n) is 2.50. The molecule has 0 saturated carbocycles. The maximum absolute atomic E-state index is 12.1. The van der Waals surface area contributed by atoms with Gasteiger partial charge in [-0.05, 0) is 23.1 Å². The summed E-state index contributed by atoms with van der Waals surface area (Å²) in [5.74, 6) is -0.141. The summed E-state index contributed by atoms with van der Waals surface area (Å²) >= 11 is 0. The smallest absolute Gasteiger partial charge is 0.237 e. The summed E-state index contributed by atoms with van der Waals surface area (Å²) in [7, 11) is 0. The Morgan fingerprint density at radius 2 is 1.79 bits per heavy atom. The molecule has 2 aromatic carbocycles. The molecule has 0 spiro atoms. The standard InChI is InChI=1S/C19H20N4O/c20-18(19(24)21-11-15-4-2-1-3-5-15)10-14-6-8-16(9-7-14)17-12-22-23-13-17/h1-9,12-13,18H,10-11,20H2,(H,21,24)(H,22,23)/t18-/m0/s1. The molecular formula is C19H20N4O. The lowest BCUT2D eigenvalue weighted by Crippen LogP contribution is -2.41. The first-order valence-corrected chi connectivity index (χ1v) is 7.87. The van der Waals surface area contributed by atoms with Crippen molar-refractivity contribution in [3.05, 3.63) is 78.1 Å². The molecule has 122 valence electrons. The van der Waals surface area contributed by atoms with E-state index >= 15 is 0 Å². The van der Waals surface area contributed by atoms with Gasteiger partial charge >= 0.3 is 0 Å². The van der Waals surface area contributed by atoms with Gasteiger partial charge in [-0.15, -0.1) is 0 Å². The molecule has 3 aromatic rings. The van der Waals surface area contributed by atoms with Gasteiger partial charge in [-0.25, -0.2) is 0 Å². The normalized spacial score (nSPS) is 11.9. The van der Waals surface area contributed by atoms with E-state index < -0.39 is 6.04 Å². The van der Waals surface area contributed by atoms with Gasteiger partial charge < -0.3 is 11.1 Å². The fraction of sp³-hybridized carbons (Fsp3) is 0.158. The second-order valence-electron chi connectivity index (χ2n) is 5.70. The van der Waals surface area contributed by atoms with Crippen molar-refractivity contribution in [3.63, 3.8) is 0 Å². The van der Waals surface area contributed by atoms with E-state index in [4.69, 9.17) is 5.73 Å². The van der Waals surface area contributed by atoms with Crippen LogP contribution in [0.2, 0.25) is 0 Å². The number of nitrogens with two attached hydrogens (primary N) is 1. The minimum absolute atomic E-state index is 0.141. The van der Waals surface area contributed by atoms with Crippen molar-refractivity contribution in [2.24, 2.45) is 5.73 Å². The van der Waals surface area contributed by atoms with Crippen LogP contribution in [-0.2, 0) is 17.8 Å². The molecule has 1 amide bonds. The Bertz CT molecular complexity index is 767. The monoisotopic (exact) mass is 320 g/mol. The fourth-order valence-corrected chi connectivity index (χ4v) is 2.50. The lowest BCUT2D eigenvalue weighted by molar-refractivity contribution is -0.122. The second-order valence-corrected chi connectivity index (χ2v) is 5.70. The quantitative estimate of drug-likeness (QED) is 0.651. The predicted molar refractivity (Wildman–Crippen MR) is 94.0 cm³/mol. The van der Waals surface area contributed by atoms with Gasteiger partial charge in [0.05, 0.1) is 12.2 Å². The average molecular weight is 320 g/mol. The Balaban J connectivity index is 1.54. The number of nitrogens with zero attached hydrogens (tertiary/aromatic N) is 1. The van der Waals surface area contributed by atoms with E-state index in [0.717, 1.165) is 22.3 Å². The average Bonchev–Trinajstić information content (AvgIpc) is 3.16. The topological polar surface area (TPSA) is 83.8 Å². The summed E-state index contributed by atoms with van der Waals surface area (Å²) in [6.07, 6.45) is 4.13. The number of H-pyrrole nitrogens is 1. The number of rotatable bonds is 6. The molecule has 3 rings (SSSR count). The van der Waals surface area contributed by atoms with Gasteiger partial charge in [-0.2, -0.15) is 5.10 Å². The van der Waals surface area contributed by atoms with Gasteiger partial charge in [0.25, 0.3) is 0 Å². The third-order valence-electron chi connectivity index (χ3n) is 3.89. The summed E-state index contributed by atoms with van der Waals surface area (Å²) < 4.78 is 0. The van der Waals surface area contributed by atoms with Gasteiger partial charge in [0, 0.05) is 18.3 Å². The molecule has 1 atom stereocenters. The van der Waals surface area contributed by atoms with E-state index in [9.17, 15) is 4.79 Å². The zero-order valence-corrected chi connectivity index (χ0v) is 13.3. The Hall–Kier alpha value is -2.92. The molecule has 0 unspecified atom stereocenters. The molecule has 0 radical (unpaired) electrons. The summed E-state index contributed by atoms with van der Waals surface area (Å²) in [5.41, 5.74) is 10.2. The molecule has 1 aromatic heterocycles. The van der Waals surface area contributed by atoms with Crippen LogP contribution in [0.25, 0.3) is 11.1 Å². The number of hydrogen-bond acceptors (Lipinski definition) is 3. The van der Waals surface area contributed by atoms with E-state index in [0.29, 0.717) is 13.0 Å². The lowest BCUT2D eigenvalue weighted by atomic mass is 10.0. The van der Waals surface area contributed by atoms with Crippen molar-refractivity contribution >= 4 is 5.91 Å². The number of carbonyl (C=O) groups is 1. The molecule has 4 N–H and O–H groups in total. The van der Waals surface area contributed by atoms with Crippen LogP contribution in [0, 0.1) is 0 Å². The van der Waals surface area contributed by atoms with Crippen molar-refractivity contribution in [1.29, 1.82) is 0 Å². The minimum atomic E-state index is -0.562. The highest BCUT2D eigenvalue weighted by Crippen LogP contribution is 2.18. The van der Waals surface area contributed by atoms with Crippen molar-refractivity contribution in [2.45, 2.75) is 19.0 Å². The zero-order valence-electron chi connectivity index (χ0n) is 13.3. The van der Waals surface area contributed by atoms with Crippen LogP contribution in [0.5, 0.6) is 0 Å². The molecule has 5 nitrogen and oxygen atoms in total. The van der Waals surface area contributed by atoms with Gasteiger partial charge in [0.1, 0.15) is 0 Å². The van der Waals surface area contributed by atoms with Crippen LogP contribution >= 0.6 is 0 Å². The van der Waals surface area contributed by atoms with Crippen molar-refractivity contribution in [3.8, 4) is 11.1 Å². The maximum Gasteiger partial charge on any atom is 0.237 e. The highest BCUT2D eigenvalue weighted by atomic mass is 16.2. The highest BCUT2D eigenvalue weighted by molar-refractivity contribution is 5.81. The molecule has 5 heteroatoms. The number of benzene rings is 2. The van der Waals surface area contributed by atoms with Crippen molar-refractivity contribution in [1.82, 2.24) is 15.5 Å². The van der Waals surface area contributed by atoms with E-state index in [2.05, 4.69) is 15.5 Å². The number of aromatic amines is 1. The van der Waals surface area contributed by atoms with Crippen LogP contribution < -0.4 is 11.1 Å². The SMILES string of the molecule is N[C@@H](Cc1ccc(-c2cn[nH]c2)cc1)C(=O)NCc1ccccc1. The van der Waals surface area contributed by atoms with Crippen molar-refractivity contribution < 1.29 is 4.79 Å². The summed E-state index contributed by atoms with van der Waals surface area (Å²) in [5, 5.41) is 9.61. The van der Waals surface area contributed by atoms with Gasteiger partial charge in [-0.3, -0.25) is 9.89 Å². The van der Waals surface area contributed by atoms with Gasteiger partial charge in [0.2, 0.25) is 5.91 Å². The maximum atomic E-state index is 12.1. The summed E-state index contributed by atoms with van der Waals surface area (Å²) in [4.78, 5) is 12.1. The van der Waals surface area contributed by atoms with Gasteiger partial charge in [0.15, 0.2) is 0 Å². The first-order chi connectivity index (χ1) is 11.7. The third kappa shape index (κ3) is 4.08. The molecule has 0 aliphatic carbocycles. The molecule has 0 saturated heterocycles. The van der Waals surface area contributed by atoms with E-state index in [1.165, 1.54) is 0 Å². The Morgan fingerprint density at radius 1 is 1.04 bits per heavy atom. The van der Waals surface area contributed by atoms with Crippen LogP contribution in [0.1, 0.15) is 11.1 Å². The van der Waals surface area contributed by atoms with Crippen LogP contribution in [0.4, 0.5) is 0 Å². The van der Waals surface area contributed by atoms with E-state index in [1.807, 2.05) is 60.8 Å². The zero-order chi connectivity index (χ0) is 16.8. The number of amides is 1. The molecule has 24 heavy (non-hydrogen) atoms. The largest absolute Gasteiger partial charge is 0.351 e. The highest BCUT2D eigenvalue weighted by Gasteiger charge is 2.13. The van der Waals surface area contributed by atoms with Crippen LogP contribution in [-0.4, -0.2) is 22.1 Å². The number of carbonyl (C=O) groups excluding carboxylic acids is 1. The lowest BCUT2D eigenvalue weighted by Gasteiger charge is -2.13. The van der Waals surface area contributed by atoms with Crippen molar-refractivity contribution in [2.75, 3.05) is 0 Å². The molecule has 0 bridgehead atoms. The number of nitrogens with one attached hydrogen (secondary N) is 2. The second kappa shape index (κ2) is 7.57. The Morgan fingerprint density at radius 3 is 2.46 bits per heavy atom.